The summed E-state index contributed by atoms with van der Waals surface area (Å²) in [4.78, 5) is 27.9. The molecule has 4 rings (SSSR count). The van der Waals surface area contributed by atoms with Gasteiger partial charge in [0.1, 0.15) is 5.75 Å². The number of amides is 2. The number of benzene rings is 2. The highest BCUT2D eigenvalue weighted by molar-refractivity contribution is 6.39. The summed E-state index contributed by atoms with van der Waals surface area (Å²) in [6, 6.07) is 13.0. The zero-order valence-electron chi connectivity index (χ0n) is 17.9. The van der Waals surface area contributed by atoms with E-state index in [9.17, 15) is 9.59 Å². The summed E-state index contributed by atoms with van der Waals surface area (Å²) in [5, 5.41) is 6.89. The Labute approximate surface area is 198 Å². The van der Waals surface area contributed by atoms with Crippen LogP contribution in [-0.4, -0.2) is 48.5 Å². The van der Waals surface area contributed by atoms with E-state index < -0.39 is 0 Å². The number of rotatable bonds is 6. The number of ether oxygens (including phenoxy) is 1. The molecule has 0 aliphatic carbocycles. The Bertz CT molecular complexity index is 966. The monoisotopic (exact) mass is 475 g/mol. The summed E-state index contributed by atoms with van der Waals surface area (Å²) >= 11 is 12.4. The third-order valence-corrected chi connectivity index (χ3v) is 7.00. The smallest absolute Gasteiger partial charge is 0.255 e. The van der Waals surface area contributed by atoms with Gasteiger partial charge in [0.2, 0.25) is 5.91 Å². The largest absolute Gasteiger partial charge is 0.496 e. The van der Waals surface area contributed by atoms with Crippen molar-refractivity contribution in [2.45, 2.75) is 50.2 Å². The first-order valence-corrected chi connectivity index (χ1v) is 11.7. The van der Waals surface area contributed by atoms with Crippen LogP contribution in [0, 0.1) is 0 Å². The first-order chi connectivity index (χ1) is 15.5. The van der Waals surface area contributed by atoms with Crippen LogP contribution in [0.25, 0.3) is 0 Å². The summed E-state index contributed by atoms with van der Waals surface area (Å²) in [6.07, 6.45) is 4.79. The van der Waals surface area contributed by atoms with Crippen LogP contribution >= 0.6 is 23.2 Å². The van der Waals surface area contributed by atoms with E-state index in [4.69, 9.17) is 27.9 Å². The van der Waals surface area contributed by atoms with Crippen molar-refractivity contribution in [3.8, 4) is 5.75 Å². The van der Waals surface area contributed by atoms with Gasteiger partial charge in [-0.1, -0.05) is 47.8 Å². The van der Waals surface area contributed by atoms with Gasteiger partial charge in [0.05, 0.1) is 35.0 Å². The van der Waals surface area contributed by atoms with Gasteiger partial charge in [0, 0.05) is 18.1 Å². The third-order valence-electron chi connectivity index (χ3n) is 6.37. The van der Waals surface area contributed by atoms with E-state index in [-0.39, 0.29) is 36.5 Å². The molecule has 6 nitrogen and oxygen atoms in total. The fraction of sp³-hybridized carbons (Fsp3) is 0.417. The van der Waals surface area contributed by atoms with E-state index in [1.54, 1.807) is 37.4 Å². The van der Waals surface area contributed by atoms with Gasteiger partial charge in [-0.25, -0.2) is 0 Å². The fourth-order valence-electron chi connectivity index (χ4n) is 4.91. The zero-order valence-corrected chi connectivity index (χ0v) is 19.5. The van der Waals surface area contributed by atoms with E-state index in [0.29, 0.717) is 27.0 Å². The maximum absolute atomic E-state index is 12.8. The van der Waals surface area contributed by atoms with Gasteiger partial charge in [-0.2, -0.15) is 0 Å². The molecular formula is C24H27Cl2N3O3. The quantitative estimate of drug-likeness (QED) is 0.631. The topological polar surface area (TPSA) is 70.7 Å². The minimum Gasteiger partial charge on any atom is -0.496 e. The zero-order chi connectivity index (χ0) is 22.7. The van der Waals surface area contributed by atoms with Gasteiger partial charge in [-0.15, -0.1) is 0 Å². The maximum atomic E-state index is 12.8. The van der Waals surface area contributed by atoms with Crippen molar-refractivity contribution in [1.82, 2.24) is 10.2 Å². The molecule has 2 heterocycles. The lowest BCUT2D eigenvalue weighted by Gasteiger charge is -2.48. The van der Waals surface area contributed by atoms with Crippen LogP contribution in [0.4, 0.5) is 5.69 Å². The highest BCUT2D eigenvalue weighted by Crippen LogP contribution is 2.35. The minimum absolute atomic E-state index is 0.0695. The molecule has 2 aliphatic heterocycles. The lowest BCUT2D eigenvalue weighted by Crippen LogP contribution is -2.58. The van der Waals surface area contributed by atoms with Crippen molar-refractivity contribution in [2.24, 2.45) is 0 Å². The van der Waals surface area contributed by atoms with Crippen molar-refractivity contribution in [2.75, 3.05) is 19.0 Å². The molecule has 8 heteroatoms. The first kappa shape index (κ1) is 22.9. The molecule has 2 saturated heterocycles. The Hall–Kier alpha value is -2.28. The second-order valence-corrected chi connectivity index (χ2v) is 9.21. The predicted octanol–water partition coefficient (Wildman–Crippen LogP) is 4.76. The molecule has 2 unspecified atom stereocenters. The number of fused-ring (bicyclic) bond motifs is 2. The van der Waals surface area contributed by atoms with E-state index in [1.165, 1.54) is 0 Å². The lowest BCUT2D eigenvalue weighted by molar-refractivity contribution is -0.120. The summed E-state index contributed by atoms with van der Waals surface area (Å²) in [7, 11) is 1.57. The number of nitrogens with zero attached hydrogens (tertiary/aromatic N) is 1. The number of carbonyl (C=O) groups excluding carboxylic acids is 2. The highest BCUT2D eigenvalue weighted by atomic mass is 35.5. The molecule has 2 aromatic rings. The molecule has 2 atom stereocenters. The van der Waals surface area contributed by atoms with Crippen LogP contribution < -0.4 is 15.4 Å². The number of halogens is 2. The Morgan fingerprint density at radius 1 is 1.03 bits per heavy atom. The van der Waals surface area contributed by atoms with Crippen molar-refractivity contribution in [3.05, 3.63) is 58.1 Å². The molecular weight excluding hydrogens is 449 g/mol. The number of hydrogen-bond acceptors (Lipinski definition) is 4. The number of anilines is 1. The summed E-state index contributed by atoms with van der Waals surface area (Å²) < 4.78 is 5.32. The predicted molar refractivity (Wildman–Crippen MR) is 127 cm³/mol. The number of piperidine rings is 2. The van der Waals surface area contributed by atoms with Gasteiger partial charge in [-0.3, -0.25) is 14.5 Å². The Morgan fingerprint density at radius 3 is 2.34 bits per heavy atom. The Kier molecular flexibility index (Phi) is 7.23. The lowest BCUT2D eigenvalue weighted by atomic mass is 9.81. The molecule has 0 aromatic heterocycles. The SMILES string of the molecule is COc1ccccc1C(=O)NC1CC2CCCC(C1)N2CC(=O)Nc1c(Cl)cccc1Cl. The van der Waals surface area contributed by atoms with Crippen LogP contribution in [-0.2, 0) is 4.79 Å². The molecule has 2 amide bonds. The molecule has 0 saturated carbocycles. The molecule has 0 spiro atoms. The van der Waals surface area contributed by atoms with Crippen molar-refractivity contribution < 1.29 is 14.3 Å². The van der Waals surface area contributed by atoms with Gasteiger partial charge < -0.3 is 15.4 Å². The van der Waals surface area contributed by atoms with Crippen molar-refractivity contribution in [3.63, 3.8) is 0 Å². The summed E-state index contributed by atoms with van der Waals surface area (Å²) in [5.41, 5.74) is 0.989. The Balaban J connectivity index is 1.39. The van der Waals surface area contributed by atoms with E-state index in [1.807, 2.05) is 12.1 Å². The van der Waals surface area contributed by atoms with Gasteiger partial charge in [-0.05, 0) is 49.9 Å². The summed E-state index contributed by atoms with van der Waals surface area (Å²) in [5.74, 6) is 0.316. The van der Waals surface area contributed by atoms with Crippen molar-refractivity contribution in [1.29, 1.82) is 0 Å². The number of para-hydroxylation sites is 2. The molecule has 2 aromatic carbocycles. The molecule has 2 bridgehead atoms. The normalized spacial score (nSPS) is 22.8. The van der Waals surface area contributed by atoms with E-state index in [0.717, 1.165) is 32.1 Å². The second kappa shape index (κ2) is 10.1. The van der Waals surface area contributed by atoms with Crippen LogP contribution in [0.5, 0.6) is 5.75 Å². The van der Waals surface area contributed by atoms with Gasteiger partial charge >= 0.3 is 0 Å². The highest BCUT2D eigenvalue weighted by Gasteiger charge is 2.39. The van der Waals surface area contributed by atoms with E-state index >= 15 is 0 Å². The van der Waals surface area contributed by atoms with Crippen LogP contribution in [0.3, 0.4) is 0 Å². The van der Waals surface area contributed by atoms with Crippen LogP contribution in [0.15, 0.2) is 42.5 Å². The molecule has 32 heavy (non-hydrogen) atoms. The number of carbonyl (C=O) groups is 2. The molecule has 2 N–H and O–H groups in total. The van der Waals surface area contributed by atoms with Gasteiger partial charge in [0.25, 0.3) is 5.91 Å². The van der Waals surface area contributed by atoms with Crippen LogP contribution in [0.2, 0.25) is 10.0 Å². The maximum Gasteiger partial charge on any atom is 0.255 e. The fourth-order valence-corrected chi connectivity index (χ4v) is 5.40. The molecule has 0 radical (unpaired) electrons. The number of nitrogens with one attached hydrogen (secondary N) is 2. The number of methoxy groups -OCH3 is 1. The third kappa shape index (κ3) is 5.03. The minimum atomic E-state index is -0.131. The standard InChI is InChI=1S/C24H27Cl2N3O3/c1-32-21-11-3-2-8-18(21)24(31)27-15-12-16-6-4-7-17(13-15)29(16)14-22(30)28-23-19(25)9-5-10-20(23)26/h2-3,5,8-11,15-17H,4,6-7,12-14H2,1H3,(H,27,31)(H,28,30). The van der Waals surface area contributed by atoms with Crippen LogP contribution in [0.1, 0.15) is 42.5 Å². The second-order valence-electron chi connectivity index (χ2n) is 8.40. The first-order valence-electron chi connectivity index (χ1n) is 10.9. The van der Waals surface area contributed by atoms with Crippen molar-refractivity contribution >= 4 is 40.7 Å². The average Bonchev–Trinajstić information content (AvgIpc) is 2.77. The summed E-state index contributed by atoms with van der Waals surface area (Å²) in [6.45, 7) is 0.282. The van der Waals surface area contributed by atoms with Gasteiger partial charge in [0.15, 0.2) is 0 Å². The molecule has 2 aliphatic rings. The number of hydrogen-bond donors (Lipinski definition) is 2. The molecule has 170 valence electrons. The average molecular weight is 476 g/mol. The Morgan fingerprint density at radius 2 is 1.69 bits per heavy atom. The van der Waals surface area contributed by atoms with E-state index in [2.05, 4.69) is 15.5 Å². The molecule has 2 fully saturated rings.